The van der Waals surface area contributed by atoms with Crippen molar-refractivity contribution >= 4 is 52.4 Å². The number of benzene rings is 2. The molecule has 4 nitrogen and oxygen atoms in total. The summed E-state index contributed by atoms with van der Waals surface area (Å²) in [5.41, 5.74) is 2.81. The Kier molecular flexibility index (Phi) is 7.01. The van der Waals surface area contributed by atoms with Crippen molar-refractivity contribution in [3.05, 3.63) is 85.6 Å². The van der Waals surface area contributed by atoms with Gasteiger partial charge in [0.2, 0.25) is 5.95 Å². The number of piperazine rings is 1. The molecular formula is C22H20Cl4N4. The van der Waals surface area contributed by atoms with Gasteiger partial charge in [0.25, 0.3) is 0 Å². The van der Waals surface area contributed by atoms with E-state index in [2.05, 4.69) is 20.2 Å². The number of anilines is 1. The van der Waals surface area contributed by atoms with E-state index < -0.39 is 0 Å². The highest BCUT2D eigenvalue weighted by molar-refractivity contribution is 6.35. The first-order chi connectivity index (χ1) is 14.5. The van der Waals surface area contributed by atoms with Crippen LogP contribution in [-0.4, -0.2) is 36.1 Å². The van der Waals surface area contributed by atoms with Gasteiger partial charge in [0.15, 0.2) is 0 Å². The third-order valence-electron chi connectivity index (χ3n) is 5.19. The molecule has 2 aromatic carbocycles. The topological polar surface area (TPSA) is 41.1 Å². The van der Waals surface area contributed by atoms with Gasteiger partial charge in [-0.2, -0.15) is 0 Å². The van der Waals surface area contributed by atoms with Gasteiger partial charge in [-0.25, -0.2) is 9.97 Å². The summed E-state index contributed by atoms with van der Waals surface area (Å²) in [4.78, 5) is 11.3. The van der Waals surface area contributed by atoms with Gasteiger partial charge < -0.3 is 10.2 Å². The summed E-state index contributed by atoms with van der Waals surface area (Å²) in [7, 11) is 0. The Labute approximate surface area is 196 Å². The smallest absolute Gasteiger partial charge is 0.228 e. The van der Waals surface area contributed by atoms with Gasteiger partial charge in [-0.05, 0) is 41.8 Å². The van der Waals surface area contributed by atoms with Crippen molar-refractivity contribution < 1.29 is 0 Å². The molecule has 1 saturated heterocycles. The second kappa shape index (κ2) is 9.71. The first-order valence-electron chi connectivity index (χ1n) is 9.70. The summed E-state index contributed by atoms with van der Waals surface area (Å²) in [5.74, 6) is 0.422. The van der Waals surface area contributed by atoms with Crippen molar-refractivity contribution in [2.75, 3.05) is 31.1 Å². The molecule has 0 amide bonds. The molecule has 0 bridgehead atoms. The van der Waals surface area contributed by atoms with Crippen LogP contribution in [0.4, 0.5) is 5.95 Å². The summed E-state index contributed by atoms with van der Waals surface area (Å²) in [5, 5.41) is 5.40. The number of nitrogens with zero attached hydrogens (tertiary/aromatic N) is 3. The average molecular weight is 482 g/mol. The fraction of sp³-hybridized carbons (Fsp3) is 0.273. The van der Waals surface area contributed by atoms with Crippen LogP contribution in [-0.2, 0) is 6.42 Å². The van der Waals surface area contributed by atoms with Gasteiger partial charge in [0.1, 0.15) is 10.3 Å². The Balaban J connectivity index is 1.75. The Morgan fingerprint density at radius 1 is 0.867 bits per heavy atom. The number of nitrogens with one attached hydrogen (secondary N) is 1. The van der Waals surface area contributed by atoms with Crippen LogP contribution in [0.1, 0.15) is 22.6 Å². The van der Waals surface area contributed by atoms with Crippen LogP contribution in [0.5, 0.6) is 0 Å². The summed E-state index contributed by atoms with van der Waals surface area (Å²) >= 11 is 25.7. The van der Waals surface area contributed by atoms with E-state index in [9.17, 15) is 0 Å². The maximum atomic E-state index is 6.70. The highest BCUT2D eigenvalue weighted by Crippen LogP contribution is 2.38. The van der Waals surface area contributed by atoms with Crippen molar-refractivity contribution in [3.63, 3.8) is 0 Å². The van der Waals surface area contributed by atoms with Crippen LogP contribution >= 0.6 is 46.4 Å². The minimum atomic E-state index is -0.141. The second-order valence-corrected chi connectivity index (χ2v) is 8.78. The number of hydrogen-bond donors (Lipinski definition) is 1. The van der Waals surface area contributed by atoms with Crippen LogP contribution in [0.3, 0.4) is 0 Å². The molecule has 2 heterocycles. The van der Waals surface area contributed by atoms with Gasteiger partial charge in [-0.1, -0.05) is 70.7 Å². The zero-order valence-electron chi connectivity index (χ0n) is 16.1. The molecule has 1 fully saturated rings. The maximum Gasteiger partial charge on any atom is 0.228 e. The van der Waals surface area contributed by atoms with Gasteiger partial charge in [-0.3, -0.25) is 0 Å². The molecule has 30 heavy (non-hydrogen) atoms. The lowest BCUT2D eigenvalue weighted by Crippen LogP contribution is -2.44. The number of hydrogen-bond acceptors (Lipinski definition) is 4. The molecule has 4 rings (SSSR count). The maximum absolute atomic E-state index is 6.70. The summed E-state index contributed by atoms with van der Waals surface area (Å²) in [6.07, 6.45) is 0.651. The third kappa shape index (κ3) is 5.01. The first kappa shape index (κ1) is 21.7. The predicted molar refractivity (Wildman–Crippen MR) is 126 cm³/mol. The normalized spacial score (nSPS) is 15.3. The molecule has 0 saturated carbocycles. The van der Waals surface area contributed by atoms with Crippen LogP contribution in [0, 0.1) is 0 Å². The van der Waals surface area contributed by atoms with Crippen molar-refractivity contribution in [1.82, 2.24) is 15.3 Å². The lowest BCUT2D eigenvalue weighted by Gasteiger charge is -2.28. The molecule has 0 spiro atoms. The lowest BCUT2D eigenvalue weighted by molar-refractivity contribution is 0.579. The minimum absolute atomic E-state index is 0.141. The molecular weight excluding hydrogens is 462 g/mol. The van der Waals surface area contributed by atoms with Crippen molar-refractivity contribution in [3.8, 4) is 0 Å². The summed E-state index contributed by atoms with van der Waals surface area (Å²) in [6, 6.07) is 15.5. The molecule has 0 aliphatic carbocycles. The van der Waals surface area contributed by atoms with Gasteiger partial charge >= 0.3 is 0 Å². The van der Waals surface area contributed by atoms with Crippen LogP contribution in [0.25, 0.3) is 0 Å². The quantitative estimate of drug-likeness (QED) is 0.462. The molecule has 1 N–H and O–H groups in total. The Hall–Kier alpha value is -1.56. The number of rotatable bonds is 5. The number of aromatic nitrogens is 2. The molecule has 1 atom stereocenters. The van der Waals surface area contributed by atoms with E-state index in [-0.39, 0.29) is 5.92 Å². The monoisotopic (exact) mass is 480 g/mol. The van der Waals surface area contributed by atoms with Crippen LogP contribution in [0.2, 0.25) is 20.4 Å². The molecule has 1 aliphatic heterocycles. The summed E-state index contributed by atoms with van der Waals surface area (Å²) in [6.45, 7) is 3.38. The Morgan fingerprint density at radius 3 is 2.17 bits per heavy atom. The second-order valence-electron chi connectivity index (χ2n) is 7.19. The Bertz CT molecular complexity index is 997. The SMILES string of the molecule is Clc1ccc(C(Cc2cccc(Cl)c2)c2c(Cl)nc(N3CCNCC3)nc2Cl)cc1. The first-order valence-corrected chi connectivity index (χ1v) is 11.2. The van der Waals surface area contributed by atoms with Crippen LogP contribution in [0.15, 0.2) is 48.5 Å². The fourth-order valence-corrected chi connectivity index (χ4v) is 4.66. The third-order valence-corrected chi connectivity index (χ3v) is 6.25. The molecule has 8 heteroatoms. The standard InChI is InChI=1S/C22H20Cl4N4/c23-16-6-4-15(5-7-16)18(13-14-2-1-3-17(24)12-14)19-20(25)28-22(29-21(19)26)30-10-8-27-9-11-30/h1-7,12,18,27H,8-11,13H2. The van der Waals surface area contributed by atoms with E-state index in [0.717, 1.165) is 37.3 Å². The van der Waals surface area contributed by atoms with E-state index in [0.29, 0.717) is 38.3 Å². The largest absolute Gasteiger partial charge is 0.338 e. The molecule has 3 aromatic rings. The van der Waals surface area contributed by atoms with E-state index in [1.54, 1.807) is 0 Å². The molecule has 1 aliphatic rings. The van der Waals surface area contributed by atoms with E-state index in [1.165, 1.54) is 0 Å². The zero-order chi connectivity index (χ0) is 21.1. The van der Waals surface area contributed by atoms with Crippen molar-refractivity contribution in [2.45, 2.75) is 12.3 Å². The number of halogens is 4. The van der Waals surface area contributed by atoms with Gasteiger partial charge in [0, 0.05) is 47.7 Å². The predicted octanol–water partition coefficient (Wildman–Crippen LogP) is 5.87. The Morgan fingerprint density at radius 2 is 1.53 bits per heavy atom. The van der Waals surface area contributed by atoms with E-state index in [4.69, 9.17) is 46.4 Å². The van der Waals surface area contributed by atoms with E-state index in [1.807, 2.05) is 48.5 Å². The average Bonchev–Trinajstić information content (AvgIpc) is 2.74. The van der Waals surface area contributed by atoms with Gasteiger partial charge in [0.05, 0.1) is 0 Å². The van der Waals surface area contributed by atoms with E-state index >= 15 is 0 Å². The molecule has 0 radical (unpaired) electrons. The highest BCUT2D eigenvalue weighted by Gasteiger charge is 2.25. The molecule has 1 unspecified atom stereocenters. The fourth-order valence-electron chi connectivity index (χ4n) is 3.68. The molecule has 156 valence electrons. The van der Waals surface area contributed by atoms with Gasteiger partial charge in [-0.15, -0.1) is 0 Å². The highest BCUT2D eigenvalue weighted by atomic mass is 35.5. The summed E-state index contributed by atoms with van der Waals surface area (Å²) < 4.78 is 0. The lowest BCUT2D eigenvalue weighted by atomic mass is 9.87. The molecule has 1 aromatic heterocycles. The van der Waals surface area contributed by atoms with Crippen LogP contribution < -0.4 is 10.2 Å². The van der Waals surface area contributed by atoms with Crippen molar-refractivity contribution in [2.24, 2.45) is 0 Å². The zero-order valence-corrected chi connectivity index (χ0v) is 19.1. The van der Waals surface area contributed by atoms with Crippen molar-refractivity contribution in [1.29, 1.82) is 0 Å². The minimum Gasteiger partial charge on any atom is -0.338 e.